The number of anilines is 1. The summed E-state index contributed by atoms with van der Waals surface area (Å²) in [4.78, 5) is 12.4. The van der Waals surface area contributed by atoms with Gasteiger partial charge in [0, 0.05) is 5.02 Å². The third kappa shape index (κ3) is 6.04. The Morgan fingerprint density at radius 3 is 2.65 bits per heavy atom. The van der Waals surface area contributed by atoms with Gasteiger partial charge in [0.2, 0.25) is 5.13 Å². The summed E-state index contributed by atoms with van der Waals surface area (Å²) in [5.41, 5.74) is 1.51. The average molecular weight is 455 g/mol. The van der Waals surface area contributed by atoms with Crippen LogP contribution in [0.5, 0.6) is 11.5 Å². The Kier molecular flexibility index (Phi) is 7.60. The van der Waals surface area contributed by atoms with E-state index in [9.17, 15) is 10.1 Å². The van der Waals surface area contributed by atoms with E-state index < -0.39 is 5.91 Å². The van der Waals surface area contributed by atoms with Crippen molar-refractivity contribution >= 4 is 40.1 Å². The van der Waals surface area contributed by atoms with Gasteiger partial charge in [-0.2, -0.15) is 5.26 Å². The predicted octanol–water partition coefficient (Wildman–Crippen LogP) is 4.89. The highest BCUT2D eigenvalue weighted by atomic mass is 35.5. The number of amides is 1. The van der Waals surface area contributed by atoms with Crippen LogP contribution in [0.4, 0.5) is 5.13 Å². The lowest BCUT2D eigenvalue weighted by molar-refractivity contribution is -0.112. The van der Waals surface area contributed by atoms with E-state index in [-0.39, 0.29) is 5.57 Å². The zero-order valence-electron chi connectivity index (χ0n) is 16.9. The monoisotopic (exact) mass is 454 g/mol. The number of carbonyl (C=O) groups excluding carboxylic acids is 1. The van der Waals surface area contributed by atoms with E-state index in [0.717, 1.165) is 17.0 Å². The first-order chi connectivity index (χ1) is 15.0. The van der Waals surface area contributed by atoms with Crippen molar-refractivity contribution in [3.63, 3.8) is 0 Å². The smallest absolute Gasteiger partial charge is 0.268 e. The average Bonchev–Trinajstić information content (AvgIpc) is 3.24. The van der Waals surface area contributed by atoms with Crippen molar-refractivity contribution in [1.29, 1.82) is 5.26 Å². The molecule has 0 saturated heterocycles. The molecular formula is C22H19ClN4O3S. The van der Waals surface area contributed by atoms with Gasteiger partial charge in [0.15, 0.2) is 11.5 Å². The van der Waals surface area contributed by atoms with Crippen molar-refractivity contribution in [2.45, 2.75) is 20.0 Å². The number of hydrogen-bond donors (Lipinski definition) is 1. The number of benzene rings is 2. The van der Waals surface area contributed by atoms with Crippen molar-refractivity contribution in [3.8, 4) is 17.6 Å². The van der Waals surface area contributed by atoms with Gasteiger partial charge in [0.05, 0.1) is 7.11 Å². The number of carbonyl (C=O) groups is 1. The Morgan fingerprint density at radius 2 is 2.00 bits per heavy atom. The molecule has 0 aliphatic heterocycles. The highest BCUT2D eigenvalue weighted by Crippen LogP contribution is 2.30. The van der Waals surface area contributed by atoms with E-state index in [1.807, 2.05) is 25.1 Å². The van der Waals surface area contributed by atoms with Gasteiger partial charge >= 0.3 is 0 Å². The van der Waals surface area contributed by atoms with Crippen LogP contribution in [0.15, 0.2) is 48.0 Å². The molecule has 0 atom stereocenters. The topological polar surface area (TPSA) is 97.1 Å². The molecule has 1 N–H and O–H groups in total. The summed E-state index contributed by atoms with van der Waals surface area (Å²) in [7, 11) is 1.52. The van der Waals surface area contributed by atoms with Crippen LogP contribution in [0.1, 0.15) is 23.1 Å². The molecule has 158 valence electrons. The number of nitriles is 1. The SMILES string of the molecule is CCc1nnc(NC(=O)/C(C#N)=C/c2ccc(OCc3ccc(Cl)cc3)c(OC)c2)s1. The van der Waals surface area contributed by atoms with Crippen LogP contribution < -0.4 is 14.8 Å². The van der Waals surface area contributed by atoms with E-state index in [1.165, 1.54) is 24.5 Å². The van der Waals surface area contributed by atoms with Gasteiger partial charge in [0.25, 0.3) is 5.91 Å². The quantitative estimate of drug-likeness (QED) is 0.384. The third-order valence-corrected chi connectivity index (χ3v) is 5.40. The summed E-state index contributed by atoms with van der Waals surface area (Å²) in [5.74, 6) is 0.471. The predicted molar refractivity (Wildman–Crippen MR) is 120 cm³/mol. The van der Waals surface area contributed by atoms with Crippen LogP contribution >= 0.6 is 22.9 Å². The number of ether oxygens (including phenoxy) is 2. The minimum absolute atomic E-state index is 0.0647. The van der Waals surface area contributed by atoms with Crippen LogP contribution in [0.2, 0.25) is 5.02 Å². The first-order valence-corrected chi connectivity index (χ1v) is 10.5. The maximum atomic E-state index is 12.4. The first kappa shape index (κ1) is 22.3. The lowest BCUT2D eigenvalue weighted by atomic mass is 10.1. The van der Waals surface area contributed by atoms with Crippen LogP contribution in [0, 0.1) is 11.3 Å². The lowest BCUT2D eigenvalue weighted by Gasteiger charge is -2.11. The Balaban J connectivity index is 1.73. The van der Waals surface area contributed by atoms with Gasteiger partial charge in [-0.15, -0.1) is 10.2 Å². The number of nitrogens with zero attached hydrogens (tertiary/aromatic N) is 3. The maximum Gasteiger partial charge on any atom is 0.268 e. The standard InChI is InChI=1S/C22H19ClN4O3S/c1-3-20-26-27-22(31-20)25-21(28)16(12-24)10-15-6-9-18(19(11-15)29-2)30-13-14-4-7-17(23)8-5-14/h4-11H,3,13H2,1-2H3,(H,25,27,28)/b16-10+. The van der Waals surface area contributed by atoms with Gasteiger partial charge < -0.3 is 9.47 Å². The Bertz CT molecular complexity index is 1140. The lowest BCUT2D eigenvalue weighted by Crippen LogP contribution is -2.13. The number of nitrogens with one attached hydrogen (secondary N) is 1. The van der Waals surface area contributed by atoms with Gasteiger partial charge in [-0.1, -0.05) is 48.1 Å². The molecule has 3 rings (SSSR count). The number of methoxy groups -OCH3 is 1. The summed E-state index contributed by atoms with van der Waals surface area (Å²) in [5, 5.41) is 21.7. The van der Waals surface area contributed by atoms with Gasteiger partial charge in [-0.25, -0.2) is 0 Å². The van der Waals surface area contributed by atoms with E-state index in [1.54, 1.807) is 30.3 Å². The van der Waals surface area contributed by atoms with Crippen LogP contribution in [0.3, 0.4) is 0 Å². The number of aromatic nitrogens is 2. The van der Waals surface area contributed by atoms with Crippen molar-refractivity contribution < 1.29 is 14.3 Å². The molecule has 0 aliphatic rings. The maximum absolute atomic E-state index is 12.4. The van der Waals surface area contributed by atoms with E-state index in [4.69, 9.17) is 21.1 Å². The minimum atomic E-state index is -0.552. The van der Waals surface area contributed by atoms with Crippen molar-refractivity contribution in [3.05, 3.63) is 69.2 Å². The zero-order chi connectivity index (χ0) is 22.2. The van der Waals surface area contributed by atoms with Crippen molar-refractivity contribution in [2.75, 3.05) is 12.4 Å². The van der Waals surface area contributed by atoms with Gasteiger partial charge in [0.1, 0.15) is 23.3 Å². The molecule has 0 saturated carbocycles. The number of hydrogen-bond acceptors (Lipinski definition) is 7. The van der Waals surface area contributed by atoms with E-state index in [2.05, 4.69) is 15.5 Å². The Labute approximate surface area is 188 Å². The fourth-order valence-corrected chi connectivity index (χ4v) is 3.36. The molecule has 1 amide bonds. The molecule has 1 heterocycles. The highest BCUT2D eigenvalue weighted by molar-refractivity contribution is 7.15. The minimum Gasteiger partial charge on any atom is -0.493 e. The zero-order valence-corrected chi connectivity index (χ0v) is 18.5. The highest BCUT2D eigenvalue weighted by Gasteiger charge is 2.13. The van der Waals surface area contributed by atoms with E-state index in [0.29, 0.717) is 33.8 Å². The number of rotatable bonds is 8. The second-order valence-electron chi connectivity index (χ2n) is 6.30. The second-order valence-corrected chi connectivity index (χ2v) is 7.80. The Hall–Kier alpha value is -3.41. The Morgan fingerprint density at radius 1 is 1.23 bits per heavy atom. The van der Waals surface area contributed by atoms with Crippen molar-refractivity contribution in [2.24, 2.45) is 0 Å². The summed E-state index contributed by atoms with van der Waals surface area (Å²) in [6.45, 7) is 2.29. The molecule has 0 bridgehead atoms. The summed E-state index contributed by atoms with van der Waals surface area (Å²) in [6.07, 6.45) is 2.20. The molecule has 9 heteroatoms. The molecule has 0 radical (unpaired) electrons. The molecular weight excluding hydrogens is 436 g/mol. The molecule has 7 nitrogen and oxygen atoms in total. The molecule has 3 aromatic rings. The second kappa shape index (κ2) is 10.6. The molecule has 0 spiro atoms. The van der Waals surface area contributed by atoms with Gasteiger partial charge in [-0.3, -0.25) is 10.1 Å². The van der Waals surface area contributed by atoms with Crippen LogP contribution in [-0.2, 0) is 17.8 Å². The number of aryl methyl sites for hydroxylation is 1. The molecule has 31 heavy (non-hydrogen) atoms. The summed E-state index contributed by atoms with van der Waals surface area (Å²) in [6, 6.07) is 14.4. The van der Waals surface area contributed by atoms with E-state index >= 15 is 0 Å². The van der Waals surface area contributed by atoms with Gasteiger partial charge in [-0.05, 0) is 47.9 Å². The van der Waals surface area contributed by atoms with Crippen LogP contribution in [0.25, 0.3) is 6.08 Å². The fraction of sp³-hybridized carbons (Fsp3) is 0.182. The fourth-order valence-electron chi connectivity index (χ4n) is 2.56. The molecule has 1 aromatic heterocycles. The van der Waals surface area contributed by atoms with Crippen molar-refractivity contribution in [1.82, 2.24) is 10.2 Å². The summed E-state index contributed by atoms with van der Waals surface area (Å²) < 4.78 is 11.2. The molecule has 2 aromatic carbocycles. The third-order valence-electron chi connectivity index (χ3n) is 4.16. The molecule has 0 unspecified atom stereocenters. The molecule has 0 fully saturated rings. The van der Waals surface area contributed by atoms with Crippen LogP contribution in [-0.4, -0.2) is 23.2 Å². The normalized spacial score (nSPS) is 11.0. The largest absolute Gasteiger partial charge is 0.493 e. The first-order valence-electron chi connectivity index (χ1n) is 9.33. The summed E-state index contributed by atoms with van der Waals surface area (Å²) >= 11 is 7.17. The molecule has 0 aliphatic carbocycles. The number of halogens is 1.